The summed E-state index contributed by atoms with van der Waals surface area (Å²) in [6.07, 6.45) is 3.36. The van der Waals surface area contributed by atoms with Crippen LogP contribution >= 0.6 is 0 Å². The molecule has 0 fully saturated rings. The summed E-state index contributed by atoms with van der Waals surface area (Å²) in [5.41, 5.74) is 0.519. The molecule has 0 aliphatic heterocycles. The third kappa shape index (κ3) is 3.42. The van der Waals surface area contributed by atoms with Gasteiger partial charge in [-0.3, -0.25) is 0 Å². The van der Waals surface area contributed by atoms with Gasteiger partial charge in [-0.1, -0.05) is 19.1 Å². The maximum Gasteiger partial charge on any atom is 0.130 e. The van der Waals surface area contributed by atoms with Gasteiger partial charge in [-0.05, 0) is 25.5 Å². The molecule has 0 aromatic heterocycles. The summed E-state index contributed by atoms with van der Waals surface area (Å²) >= 11 is 0. The summed E-state index contributed by atoms with van der Waals surface area (Å²) in [4.78, 5) is 0. The molecule has 0 amide bonds. The number of hydrogen-bond acceptors (Lipinski definition) is 1. The maximum absolute atomic E-state index is 13.5. The van der Waals surface area contributed by atoms with Crippen LogP contribution in [0, 0.1) is 11.6 Å². The Hall–Kier alpha value is -1.22. The van der Waals surface area contributed by atoms with E-state index in [2.05, 4.69) is 11.9 Å². The SMILES string of the molecule is C=CCCC(NCC)c1ccc(F)cc1F. The number of nitrogens with one attached hydrogen (secondary N) is 1. The zero-order chi connectivity index (χ0) is 12.0. The highest BCUT2D eigenvalue weighted by atomic mass is 19.1. The molecule has 0 radical (unpaired) electrons. The average Bonchev–Trinajstić information content (AvgIpc) is 2.25. The van der Waals surface area contributed by atoms with Crippen molar-refractivity contribution in [2.75, 3.05) is 6.54 Å². The molecule has 1 nitrogen and oxygen atoms in total. The maximum atomic E-state index is 13.5. The molecule has 0 saturated carbocycles. The van der Waals surface area contributed by atoms with Gasteiger partial charge in [0.2, 0.25) is 0 Å². The Labute approximate surface area is 95.2 Å². The summed E-state index contributed by atoms with van der Waals surface area (Å²) in [5.74, 6) is -1.03. The Morgan fingerprint density at radius 1 is 1.44 bits per heavy atom. The predicted octanol–water partition coefficient (Wildman–Crippen LogP) is 3.58. The van der Waals surface area contributed by atoms with Crippen molar-refractivity contribution in [2.45, 2.75) is 25.8 Å². The standard InChI is InChI=1S/C13H17F2N/c1-3-5-6-13(16-4-2)11-8-7-10(14)9-12(11)15/h3,7-9,13,16H,1,4-6H2,2H3. The molecule has 1 aromatic carbocycles. The molecule has 3 heteroatoms. The Morgan fingerprint density at radius 2 is 2.19 bits per heavy atom. The van der Waals surface area contributed by atoms with Gasteiger partial charge >= 0.3 is 0 Å². The van der Waals surface area contributed by atoms with E-state index in [0.29, 0.717) is 5.56 Å². The van der Waals surface area contributed by atoms with Crippen molar-refractivity contribution >= 4 is 0 Å². The van der Waals surface area contributed by atoms with Crippen molar-refractivity contribution in [2.24, 2.45) is 0 Å². The monoisotopic (exact) mass is 225 g/mol. The van der Waals surface area contributed by atoms with Crippen LogP contribution < -0.4 is 5.32 Å². The minimum absolute atomic E-state index is 0.0800. The zero-order valence-corrected chi connectivity index (χ0v) is 9.47. The summed E-state index contributed by atoms with van der Waals surface area (Å²) < 4.78 is 26.3. The normalized spacial score (nSPS) is 12.4. The first kappa shape index (κ1) is 12.8. The smallest absolute Gasteiger partial charge is 0.130 e. The van der Waals surface area contributed by atoms with Gasteiger partial charge in [0.15, 0.2) is 0 Å². The molecule has 1 rings (SSSR count). The molecule has 0 aliphatic carbocycles. The van der Waals surface area contributed by atoms with Crippen LogP contribution in [0.15, 0.2) is 30.9 Å². The van der Waals surface area contributed by atoms with Crippen molar-refractivity contribution in [3.8, 4) is 0 Å². The fourth-order valence-corrected chi connectivity index (χ4v) is 1.68. The molecular weight excluding hydrogens is 208 g/mol. The van der Waals surface area contributed by atoms with Crippen molar-refractivity contribution in [3.63, 3.8) is 0 Å². The number of halogens is 2. The number of rotatable bonds is 6. The lowest BCUT2D eigenvalue weighted by molar-refractivity contribution is 0.483. The van der Waals surface area contributed by atoms with Crippen molar-refractivity contribution in [3.05, 3.63) is 48.1 Å². The summed E-state index contributed by atoms with van der Waals surface area (Å²) in [5, 5.41) is 3.18. The molecule has 88 valence electrons. The second kappa shape index (κ2) is 6.38. The van der Waals surface area contributed by atoms with E-state index in [4.69, 9.17) is 0 Å². The second-order valence-electron chi connectivity index (χ2n) is 3.64. The van der Waals surface area contributed by atoms with Gasteiger partial charge in [0.25, 0.3) is 0 Å². The molecule has 16 heavy (non-hydrogen) atoms. The summed E-state index contributed by atoms with van der Waals surface area (Å²) in [7, 11) is 0. The van der Waals surface area contributed by atoms with Crippen LogP contribution in [0.1, 0.15) is 31.4 Å². The molecular formula is C13H17F2N. The van der Waals surface area contributed by atoms with Crippen LogP contribution in [-0.4, -0.2) is 6.54 Å². The lowest BCUT2D eigenvalue weighted by Crippen LogP contribution is -2.21. The van der Waals surface area contributed by atoms with E-state index in [1.807, 2.05) is 6.92 Å². The van der Waals surface area contributed by atoms with E-state index >= 15 is 0 Å². The third-order valence-corrected chi connectivity index (χ3v) is 2.45. The van der Waals surface area contributed by atoms with Crippen molar-refractivity contribution in [1.29, 1.82) is 0 Å². The minimum Gasteiger partial charge on any atom is -0.310 e. The van der Waals surface area contributed by atoms with Crippen LogP contribution in [-0.2, 0) is 0 Å². The summed E-state index contributed by atoms with van der Waals surface area (Å²) in [6, 6.07) is 3.63. The fourth-order valence-electron chi connectivity index (χ4n) is 1.68. The Balaban J connectivity index is 2.86. The van der Waals surface area contributed by atoms with Gasteiger partial charge in [0, 0.05) is 17.7 Å². The highest BCUT2D eigenvalue weighted by Crippen LogP contribution is 2.22. The molecule has 0 spiro atoms. The minimum atomic E-state index is -0.541. The van der Waals surface area contributed by atoms with Gasteiger partial charge in [0.1, 0.15) is 11.6 Å². The van der Waals surface area contributed by atoms with Crippen LogP contribution in [0.4, 0.5) is 8.78 Å². The molecule has 0 bridgehead atoms. The van der Waals surface area contributed by atoms with E-state index in [1.54, 1.807) is 6.08 Å². The van der Waals surface area contributed by atoms with E-state index in [-0.39, 0.29) is 6.04 Å². The van der Waals surface area contributed by atoms with E-state index in [0.717, 1.165) is 25.5 Å². The van der Waals surface area contributed by atoms with Crippen molar-refractivity contribution in [1.82, 2.24) is 5.32 Å². The van der Waals surface area contributed by atoms with Gasteiger partial charge in [0.05, 0.1) is 0 Å². The number of hydrogen-bond donors (Lipinski definition) is 1. The fraction of sp³-hybridized carbons (Fsp3) is 0.385. The third-order valence-electron chi connectivity index (χ3n) is 2.45. The van der Waals surface area contributed by atoms with E-state index in [9.17, 15) is 8.78 Å². The van der Waals surface area contributed by atoms with Gasteiger partial charge in [-0.2, -0.15) is 0 Å². The lowest BCUT2D eigenvalue weighted by atomic mass is 10.0. The van der Waals surface area contributed by atoms with Crippen LogP contribution in [0.3, 0.4) is 0 Å². The predicted molar refractivity (Wildman–Crippen MR) is 62.2 cm³/mol. The first-order valence-electron chi connectivity index (χ1n) is 5.48. The first-order chi connectivity index (χ1) is 7.69. The number of allylic oxidation sites excluding steroid dienone is 1. The van der Waals surface area contributed by atoms with Crippen LogP contribution in [0.25, 0.3) is 0 Å². The molecule has 0 heterocycles. The molecule has 0 aliphatic rings. The molecule has 1 N–H and O–H groups in total. The Kier molecular flexibility index (Phi) is 5.12. The van der Waals surface area contributed by atoms with Crippen LogP contribution in [0.2, 0.25) is 0 Å². The molecule has 0 saturated heterocycles. The van der Waals surface area contributed by atoms with E-state index in [1.165, 1.54) is 12.1 Å². The van der Waals surface area contributed by atoms with Gasteiger partial charge in [-0.15, -0.1) is 6.58 Å². The number of benzene rings is 1. The Bertz CT molecular complexity index is 350. The van der Waals surface area contributed by atoms with Crippen LogP contribution in [0.5, 0.6) is 0 Å². The van der Waals surface area contributed by atoms with Crippen molar-refractivity contribution < 1.29 is 8.78 Å². The zero-order valence-electron chi connectivity index (χ0n) is 9.47. The highest BCUT2D eigenvalue weighted by molar-refractivity contribution is 5.22. The molecule has 1 aromatic rings. The topological polar surface area (TPSA) is 12.0 Å². The van der Waals surface area contributed by atoms with E-state index < -0.39 is 11.6 Å². The second-order valence-corrected chi connectivity index (χ2v) is 3.64. The first-order valence-corrected chi connectivity index (χ1v) is 5.48. The quantitative estimate of drug-likeness (QED) is 0.730. The molecule has 1 unspecified atom stereocenters. The summed E-state index contributed by atoms with van der Waals surface area (Å²) in [6.45, 7) is 6.35. The highest BCUT2D eigenvalue weighted by Gasteiger charge is 2.14. The lowest BCUT2D eigenvalue weighted by Gasteiger charge is -2.18. The average molecular weight is 225 g/mol. The van der Waals surface area contributed by atoms with Gasteiger partial charge < -0.3 is 5.32 Å². The van der Waals surface area contributed by atoms with Gasteiger partial charge in [-0.25, -0.2) is 8.78 Å². The molecule has 1 atom stereocenters. The largest absolute Gasteiger partial charge is 0.310 e. The Morgan fingerprint density at radius 3 is 2.75 bits per heavy atom.